The van der Waals surface area contributed by atoms with Gasteiger partial charge in [-0.05, 0) is 42.8 Å². The van der Waals surface area contributed by atoms with E-state index in [-0.39, 0.29) is 11.4 Å². The van der Waals surface area contributed by atoms with Crippen molar-refractivity contribution in [3.8, 4) is 0 Å². The highest BCUT2D eigenvalue weighted by atomic mass is 19.1. The molecule has 0 fully saturated rings. The smallest absolute Gasteiger partial charge is 0.341 e. The number of aromatic carboxylic acids is 1. The Kier molecular flexibility index (Phi) is 4.47. The molecule has 2 aromatic carbocycles. The molecule has 4 N–H and O–H groups in total. The number of rotatable bonds is 4. The summed E-state index contributed by atoms with van der Waals surface area (Å²) in [6.45, 7) is 1.69. The van der Waals surface area contributed by atoms with E-state index in [4.69, 9.17) is 0 Å². The maximum absolute atomic E-state index is 13.6. The lowest BCUT2D eigenvalue weighted by atomic mass is 9.94. The highest BCUT2D eigenvalue weighted by molar-refractivity contribution is 6.07. The summed E-state index contributed by atoms with van der Waals surface area (Å²) in [4.78, 5) is 25.0. The van der Waals surface area contributed by atoms with E-state index in [1.165, 1.54) is 23.0 Å². The number of amides is 1. The van der Waals surface area contributed by atoms with Gasteiger partial charge in [0.15, 0.2) is 0 Å². The standard InChI is InChI=1S/C22H17FN6O3/c1-11-18(21(30)27-15-6-7-17-13(8-15)9-24-28-17)19(12-2-4-14(23)5-3-12)29-20(26-11)16(10-25-29)22(31)32/h2-10,19,26H,1H3,(H,24,28)(H,27,30)(H,31,32). The molecule has 0 bridgehead atoms. The first-order valence-corrected chi connectivity index (χ1v) is 9.71. The summed E-state index contributed by atoms with van der Waals surface area (Å²) in [6, 6.07) is 10.3. The minimum atomic E-state index is -1.15. The van der Waals surface area contributed by atoms with E-state index in [1.54, 1.807) is 43.5 Å². The van der Waals surface area contributed by atoms with Crippen LogP contribution in [0.5, 0.6) is 0 Å². The van der Waals surface area contributed by atoms with Crippen LogP contribution in [0.3, 0.4) is 0 Å². The second-order valence-corrected chi connectivity index (χ2v) is 7.40. The molecule has 3 heterocycles. The molecule has 5 rings (SSSR count). The molecule has 0 radical (unpaired) electrons. The van der Waals surface area contributed by atoms with Gasteiger partial charge in [-0.1, -0.05) is 12.1 Å². The molecule has 10 heteroatoms. The van der Waals surface area contributed by atoms with E-state index in [9.17, 15) is 19.1 Å². The molecule has 1 unspecified atom stereocenters. The summed E-state index contributed by atoms with van der Waals surface area (Å²) in [6.07, 6.45) is 2.88. The van der Waals surface area contributed by atoms with Gasteiger partial charge in [0.25, 0.3) is 5.91 Å². The second-order valence-electron chi connectivity index (χ2n) is 7.40. The van der Waals surface area contributed by atoms with E-state index < -0.39 is 23.7 Å². The normalized spacial score (nSPS) is 15.4. The SMILES string of the molecule is CC1=C(C(=O)Nc2ccc3[nH]ncc3c2)C(c2ccc(F)cc2)n2ncc(C(=O)O)c2N1. The largest absolute Gasteiger partial charge is 0.477 e. The maximum Gasteiger partial charge on any atom is 0.341 e. The first kappa shape index (κ1) is 19.5. The first-order chi connectivity index (χ1) is 15.4. The molecule has 0 saturated heterocycles. The molecule has 160 valence electrons. The van der Waals surface area contributed by atoms with Crippen LogP contribution < -0.4 is 10.6 Å². The third kappa shape index (κ3) is 3.18. The average Bonchev–Trinajstić information content (AvgIpc) is 3.39. The lowest BCUT2D eigenvalue weighted by Gasteiger charge is -2.30. The molecule has 2 aromatic heterocycles. The number of nitrogens with zero attached hydrogens (tertiary/aromatic N) is 3. The van der Waals surface area contributed by atoms with Crippen LogP contribution in [0, 0.1) is 5.82 Å². The summed E-state index contributed by atoms with van der Waals surface area (Å²) < 4.78 is 15.0. The molecule has 1 aliphatic heterocycles. The third-order valence-corrected chi connectivity index (χ3v) is 5.38. The predicted molar refractivity (Wildman–Crippen MR) is 115 cm³/mol. The molecule has 0 spiro atoms. The molecule has 0 aliphatic carbocycles. The molecule has 1 aliphatic rings. The highest BCUT2D eigenvalue weighted by Gasteiger charge is 2.35. The molecule has 32 heavy (non-hydrogen) atoms. The van der Waals surface area contributed by atoms with Gasteiger partial charge in [-0.3, -0.25) is 9.89 Å². The number of halogens is 1. The Morgan fingerprint density at radius 3 is 2.69 bits per heavy atom. The van der Waals surface area contributed by atoms with Gasteiger partial charge in [0, 0.05) is 16.8 Å². The van der Waals surface area contributed by atoms with Crippen LogP contribution in [-0.4, -0.2) is 37.0 Å². The number of H-pyrrole nitrogens is 1. The van der Waals surface area contributed by atoms with Crippen LogP contribution in [0.2, 0.25) is 0 Å². The van der Waals surface area contributed by atoms with Crippen LogP contribution in [-0.2, 0) is 4.79 Å². The van der Waals surface area contributed by atoms with Crippen molar-refractivity contribution >= 4 is 34.3 Å². The highest BCUT2D eigenvalue weighted by Crippen LogP contribution is 2.37. The number of hydrogen-bond acceptors (Lipinski definition) is 5. The van der Waals surface area contributed by atoms with Gasteiger partial charge in [-0.15, -0.1) is 0 Å². The zero-order valence-corrected chi connectivity index (χ0v) is 16.8. The molecule has 1 atom stereocenters. The number of aromatic nitrogens is 4. The Morgan fingerprint density at radius 1 is 1.16 bits per heavy atom. The fourth-order valence-corrected chi connectivity index (χ4v) is 3.88. The Balaban J connectivity index is 1.58. The maximum atomic E-state index is 13.6. The van der Waals surface area contributed by atoms with Gasteiger partial charge >= 0.3 is 5.97 Å². The van der Waals surface area contributed by atoms with Crippen LogP contribution in [0.25, 0.3) is 10.9 Å². The number of anilines is 2. The fourth-order valence-electron chi connectivity index (χ4n) is 3.88. The van der Waals surface area contributed by atoms with Crippen LogP contribution in [0.1, 0.15) is 28.9 Å². The van der Waals surface area contributed by atoms with E-state index in [2.05, 4.69) is 25.9 Å². The summed E-state index contributed by atoms with van der Waals surface area (Å²) >= 11 is 0. The number of benzene rings is 2. The number of carbonyl (C=O) groups is 2. The summed E-state index contributed by atoms with van der Waals surface area (Å²) in [5, 5.41) is 27.3. The quantitative estimate of drug-likeness (QED) is 0.391. The van der Waals surface area contributed by atoms with Crippen molar-refractivity contribution in [1.29, 1.82) is 0 Å². The van der Waals surface area contributed by atoms with Crippen molar-refractivity contribution in [2.24, 2.45) is 0 Å². The average molecular weight is 432 g/mol. The van der Waals surface area contributed by atoms with E-state index >= 15 is 0 Å². The number of carboxylic acids is 1. The lowest BCUT2D eigenvalue weighted by molar-refractivity contribution is -0.113. The van der Waals surface area contributed by atoms with Crippen molar-refractivity contribution < 1.29 is 19.1 Å². The van der Waals surface area contributed by atoms with Gasteiger partial charge < -0.3 is 15.7 Å². The number of hydrogen-bond donors (Lipinski definition) is 4. The minimum absolute atomic E-state index is 0.0265. The number of fused-ring (bicyclic) bond motifs is 2. The molecule has 9 nitrogen and oxygen atoms in total. The number of carbonyl (C=O) groups excluding carboxylic acids is 1. The van der Waals surface area contributed by atoms with Crippen molar-refractivity contribution in [2.75, 3.05) is 10.6 Å². The van der Waals surface area contributed by atoms with Gasteiger partial charge in [0.05, 0.1) is 23.5 Å². The van der Waals surface area contributed by atoms with Crippen molar-refractivity contribution in [1.82, 2.24) is 20.0 Å². The zero-order valence-electron chi connectivity index (χ0n) is 16.8. The van der Waals surface area contributed by atoms with Gasteiger partial charge in [0.1, 0.15) is 23.2 Å². The van der Waals surface area contributed by atoms with Crippen molar-refractivity contribution in [3.05, 3.63) is 83.1 Å². The van der Waals surface area contributed by atoms with Gasteiger partial charge in [0.2, 0.25) is 0 Å². The van der Waals surface area contributed by atoms with Crippen LogP contribution in [0.15, 0.2) is 66.1 Å². The topological polar surface area (TPSA) is 125 Å². The second kappa shape index (κ2) is 7.34. The molecule has 1 amide bonds. The number of aromatic amines is 1. The monoisotopic (exact) mass is 432 g/mol. The Hall–Kier alpha value is -4.47. The molecular formula is C22H17FN6O3. The number of carboxylic acid groups (broad SMARTS) is 1. The van der Waals surface area contributed by atoms with Crippen molar-refractivity contribution in [3.63, 3.8) is 0 Å². The summed E-state index contributed by atoms with van der Waals surface area (Å²) in [5.41, 5.74) is 2.77. The molecular weight excluding hydrogens is 415 g/mol. The summed E-state index contributed by atoms with van der Waals surface area (Å²) in [7, 11) is 0. The number of nitrogens with one attached hydrogen (secondary N) is 3. The van der Waals surface area contributed by atoms with Crippen LogP contribution >= 0.6 is 0 Å². The minimum Gasteiger partial charge on any atom is -0.477 e. The van der Waals surface area contributed by atoms with Gasteiger partial charge in [-0.2, -0.15) is 10.2 Å². The predicted octanol–water partition coefficient (Wildman–Crippen LogP) is 3.52. The van der Waals surface area contributed by atoms with Crippen molar-refractivity contribution in [2.45, 2.75) is 13.0 Å². The first-order valence-electron chi connectivity index (χ1n) is 9.71. The fraction of sp³-hybridized carbons (Fsp3) is 0.0909. The van der Waals surface area contributed by atoms with E-state index in [0.29, 0.717) is 22.5 Å². The van der Waals surface area contributed by atoms with E-state index in [1.807, 2.05) is 0 Å². The summed E-state index contributed by atoms with van der Waals surface area (Å²) in [5.74, 6) is -1.72. The number of allylic oxidation sites excluding steroid dienone is 1. The third-order valence-electron chi connectivity index (χ3n) is 5.38. The Morgan fingerprint density at radius 2 is 1.94 bits per heavy atom. The Labute approximate surface area is 180 Å². The van der Waals surface area contributed by atoms with Crippen LogP contribution in [0.4, 0.5) is 15.9 Å². The zero-order chi connectivity index (χ0) is 22.4. The lowest BCUT2D eigenvalue weighted by Crippen LogP contribution is -2.31. The Bertz CT molecular complexity index is 1400. The molecule has 4 aromatic rings. The van der Waals surface area contributed by atoms with Gasteiger partial charge in [-0.25, -0.2) is 13.9 Å². The molecule has 0 saturated carbocycles. The van der Waals surface area contributed by atoms with E-state index in [0.717, 1.165) is 10.9 Å².